The van der Waals surface area contributed by atoms with Crippen LogP contribution in [0.4, 0.5) is 0 Å². The molecule has 1 aromatic heterocycles. The van der Waals surface area contributed by atoms with Crippen LogP contribution in [-0.4, -0.2) is 10.4 Å². The highest BCUT2D eigenvalue weighted by atomic mass is 16.1. The van der Waals surface area contributed by atoms with Crippen LogP contribution in [0.3, 0.4) is 0 Å². The molecule has 10 heavy (non-hydrogen) atoms. The fraction of sp³-hybridized carbons (Fsp3) is 0.375. The summed E-state index contributed by atoms with van der Waals surface area (Å²) in [6.45, 7) is 2.64. The molecule has 2 heterocycles. The quantitative estimate of drug-likeness (QED) is 0.518. The first-order valence-corrected chi connectivity index (χ1v) is 3.43. The van der Waals surface area contributed by atoms with Crippen molar-refractivity contribution in [3.05, 3.63) is 23.5 Å². The molecule has 2 rings (SSSR count). The minimum absolute atomic E-state index is 0.329. The zero-order chi connectivity index (χ0) is 7.14. The molecule has 0 fully saturated rings. The van der Waals surface area contributed by atoms with Crippen LogP contribution in [0.2, 0.25) is 0 Å². The summed E-state index contributed by atoms with van der Waals surface area (Å²) < 4.78 is 2.03. The average molecular weight is 135 g/mol. The molecular weight excluding hydrogens is 126 g/mol. The van der Waals surface area contributed by atoms with Gasteiger partial charge in [-0.2, -0.15) is 0 Å². The Morgan fingerprint density at radius 1 is 1.60 bits per heavy atom. The van der Waals surface area contributed by atoms with E-state index in [1.54, 1.807) is 0 Å². The maximum Gasteiger partial charge on any atom is 0.158 e. The summed E-state index contributed by atoms with van der Waals surface area (Å²) in [5, 5.41) is 0. The molecule has 2 nitrogen and oxygen atoms in total. The highest BCUT2D eigenvalue weighted by Crippen LogP contribution is 2.14. The van der Waals surface area contributed by atoms with E-state index < -0.39 is 0 Å². The van der Waals surface area contributed by atoms with Crippen LogP contribution in [-0.2, 0) is 17.8 Å². The van der Waals surface area contributed by atoms with Crippen molar-refractivity contribution in [2.75, 3.05) is 0 Å². The summed E-state index contributed by atoms with van der Waals surface area (Å²) >= 11 is 0. The first-order chi connectivity index (χ1) is 4.75. The third-order valence-corrected chi connectivity index (χ3v) is 1.85. The summed E-state index contributed by atoms with van der Waals surface area (Å²) in [4.78, 5) is 10.9. The first-order valence-electron chi connectivity index (χ1n) is 3.43. The number of ketones is 1. The summed E-state index contributed by atoms with van der Waals surface area (Å²) in [5.41, 5.74) is 2.42. The zero-order valence-corrected chi connectivity index (χ0v) is 5.92. The number of nitrogens with zero attached hydrogens (tertiary/aromatic N) is 1. The lowest BCUT2D eigenvalue weighted by Crippen LogP contribution is -1.97. The second kappa shape index (κ2) is 1.72. The Kier molecular flexibility index (Phi) is 0.982. The van der Waals surface area contributed by atoms with Crippen molar-refractivity contribution in [1.82, 2.24) is 4.57 Å². The van der Waals surface area contributed by atoms with Gasteiger partial charge in [0.05, 0.1) is 6.54 Å². The van der Waals surface area contributed by atoms with Gasteiger partial charge in [-0.3, -0.25) is 4.79 Å². The van der Waals surface area contributed by atoms with Gasteiger partial charge < -0.3 is 4.57 Å². The topological polar surface area (TPSA) is 22.0 Å². The van der Waals surface area contributed by atoms with Crippen molar-refractivity contribution in [1.29, 1.82) is 0 Å². The SMILES string of the molecule is Cc1cc2n(c1)CC(=O)C2. The average Bonchev–Trinajstić information content (AvgIpc) is 2.21. The maximum absolute atomic E-state index is 10.9. The molecule has 0 N–H and O–H groups in total. The minimum Gasteiger partial charge on any atom is -0.343 e. The first kappa shape index (κ1) is 5.71. The van der Waals surface area contributed by atoms with E-state index in [0.29, 0.717) is 18.7 Å². The van der Waals surface area contributed by atoms with Gasteiger partial charge in [-0.1, -0.05) is 0 Å². The van der Waals surface area contributed by atoms with Crippen molar-refractivity contribution in [2.24, 2.45) is 0 Å². The van der Waals surface area contributed by atoms with E-state index in [-0.39, 0.29) is 0 Å². The Bertz CT molecular complexity index is 260. The molecule has 0 saturated carbocycles. The van der Waals surface area contributed by atoms with Gasteiger partial charge in [0.25, 0.3) is 0 Å². The lowest BCUT2D eigenvalue weighted by Gasteiger charge is -1.89. The van der Waals surface area contributed by atoms with Gasteiger partial charge in [-0.25, -0.2) is 0 Å². The number of rotatable bonds is 0. The Balaban J connectivity index is 2.47. The van der Waals surface area contributed by atoms with Crippen LogP contribution >= 0.6 is 0 Å². The number of carbonyl (C=O) groups excluding carboxylic acids is 1. The molecule has 2 heteroatoms. The lowest BCUT2D eigenvalue weighted by molar-refractivity contribution is -0.117. The highest BCUT2D eigenvalue weighted by molar-refractivity contribution is 5.83. The number of hydrogen-bond donors (Lipinski definition) is 0. The van der Waals surface area contributed by atoms with Crippen LogP contribution in [0.25, 0.3) is 0 Å². The molecule has 0 aliphatic carbocycles. The molecular formula is C8H9NO. The van der Waals surface area contributed by atoms with Crippen molar-refractivity contribution >= 4 is 5.78 Å². The van der Waals surface area contributed by atoms with Gasteiger partial charge in [-0.05, 0) is 18.6 Å². The number of Topliss-reactive ketones (excluding diaryl/α,β-unsaturated/α-hetero) is 1. The zero-order valence-electron chi connectivity index (χ0n) is 5.92. The van der Waals surface area contributed by atoms with Crippen LogP contribution in [0.1, 0.15) is 11.3 Å². The van der Waals surface area contributed by atoms with Gasteiger partial charge >= 0.3 is 0 Å². The maximum atomic E-state index is 10.9. The molecule has 52 valence electrons. The summed E-state index contributed by atoms with van der Waals surface area (Å²) in [6, 6.07) is 2.07. The summed E-state index contributed by atoms with van der Waals surface area (Å²) in [6.07, 6.45) is 2.66. The van der Waals surface area contributed by atoms with E-state index in [0.717, 1.165) is 0 Å². The number of aromatic nitrogens is 1. The number of hydrogen-bond acceptors (Lipinski definition) is 1. The molecule has 0 saturated heterocycles. The molecule has 0 radical (unpaired) electrons. The minimum atomic E-state index is 0.329. The molecule has 0 unspecified atom stereocenters. The molecule has 1 aromatic rings. The lowest BCUT2D eigenvalue weighted by atomic mass is 10.2. The van der Waals surface area contributed by atoms with E-state index in [9.17, 15) is 4.79 Å². The summed E-state index contributed by atoms with van der Waals surface area (Å²) in [5.74, 6) is 0.329. The van der Waals surface area contributed by atoms with Crippen molar-refractivity contribution in [3.8, 4) is 0 Å². The van der Waals surface area contributed by atoms with Crippen LogP contribution in [0.5, 0.6) is 0 Å². The Morgan fingerprint density at radius 2 is 2.40 bits per heavy atom. The smallest absolute Gasteiger partial charge is 0.158 e. The Hall–Kier alpha value is -1.05. The van der Waals surface area contributed by atoms with Crippen LogP contribution in [0.15, 0.2) is 12.3 Å². The third kappa shape index (κ3) is 0.685. The molecule has 1 aliphatic rings. The largest absolute Gasteiger partial charge is 0.343 e. The van der Waals surface area contributed by atoms with E-state index >= 15 is 0 Å². The molecule has 0 spiro atoms. The molecule has 0 aromatic carbocycles. The van der Waals surface area contributed by atoms with E-state index in [2.05, 4.69) is 13.0 Å². The number of carbonyl (C=O) groups is 1. The Labute approximate surface area is 59.5 Å². The van der Waals surface area contributed by atoms with Gasteiger partial charge in [0.15, 0.2) is 5.78 Å². The van der Waals surface area contributed by atoms with Gasteiger partial charge in [-0.15, -0.1) is 0 Å². The van der Waals surface area contributed by atoms with Gasteiger partial charge in [0.1, 0.15) is 0 Å². The van der Waals surface area contributed by atoms with Gasteiger partial charge in [0.2, 0.25) is 0 Å². The van der Waals surface area contributed by atoms with Crippen molar-refractivity contribution < 1.29 is 4.79 Å². The molecule has 1 aliphatic heterocycles. The number of aryl methyl sites for hydroxylation is 1. The van der Waals surface area contributed by atoms with Crippen molar-refractivity contribution in [3.63, 3.8) is 0 Å². The van der Waals surface area contributed by atoms with E-state index in [4.69, 9.17) is 0 Å². The summed E-state index contributed by atoms with van der Waals surface area (Å²) in [7, 11) is 0. The normalized spacial score (nSPS) is 15.9. The predicted molar refractivity (Wildman–Crippen MR) is 37.9 cm³/mol. The molecule has 0 amide bonds. The highest BCUT2D eigenvalue weighted by Gasteiger charge is 2.17. The monoisotopic (exact) mass is 135 g/mol. The van der Waals surface area contributed by atoms with Crippen LogP contribution < -0.4 is 0 Å². The Morgan fingerprint density at radius 3 is 3.10 bits per heavy atom. The van der Waals surface area contributed by atoms with E-state index in [1.165, 1.54) is 11.3 Å². The van der Waals surface area contributed by atoms with E-state index in [1.807, 2.05) is 10.8 Å². The fourth-order valence-corrected chi connectivity index (χ4v) is 1.46. The number of fused-ring (bicyclic) bond motifs is 1. The fourth-order valence-electron chi connectivity index (χ4n) is 1.46. The molecule has 0 bridgehead atoms. The molecule has 0 atom stereocenters. The van der Waals surface area contributed by atoms with Crippen LogP contribution in [0, 0.1) is 6.92 Å². The second-order valence-corrected chi connectivity index (χ2v) is 2.85. The predicted octanol–water partition coefficient (Wildman–Crippen LogP) is 0.922. The van der Waals surface area contributed by atoms with Gasteiger partial charge in [0, 0.05) is 18.3 Å². The second-order valence-electron chi connectivity index (χ2n) is 2.85. The van der Waals surface area contributed by atoms with Crippen molar-refractivity contribution in [2.45, 2.75) is 19.9 Å². The third-order valence-electron chi connectivity index (χ3n) is 1.85. The standard InChI is InChI=1S/C8H9NO/c1-6-2-7-3-8(10)5-9(7)4-6/h2,4H,3,5H2,1H3.